The SMILES string of the molecule is COc1ccc(OC)c(C(=O)NCC(c2ccc(C)o2)N2CCOCC2)c1. The fraction of sp³-hybridized carbons (Fsp3) is 0.450. The number of hydrogen-bond donors (Lipinski definition) is 1. The first-order chi connectivity index (χ1) is 13.1. The molecule has 27 heavy (non-hydrogen) atoms. The summed E-state index contributed by atoms with van der Waals surface area (Å²) in [6.45, 7) is 5.28. The minimum atomic E-state index is -0.215. The Hall–Kier alpha value is -2.51. The molecule has 7 nitrogen and oxygen atoms in total. The largest absolute Gasteiger partial charge is 0.497 e. The van der Waals surface area contributed by atoms with Crippen LogP contribution in [0.5, 0.6) is 11.5 Å². The van der Waals surface area contributed by atoms with Crippen molar-refractivity contribution in [1.29, 1.82) is 0 Å². The van der Waals surface area contributed by atoms with Gasteiger partial charge in [-0.05, 0) is 37.3 Å². The fourth-order valence-electron chi connectivity index (χ4n) is 3.21. The highest BCUT2D eigenvalue weighted by Crippen LogP contribution is 2.26. The lowest BCUT2D eigenvalue weighted by Crippen LogP contribution is -2.43. The molecule has 146 valence electrons. The molecule has 0 saturated carbocycles. The lowest BCUT2D eigenvalue weighted by molar-refractivity contribution is 0.0117. The average molecular weight is 374 g/mol. The summed E-state index contributed by atoms with van der Waals surface area (Å²) in [6.07, 6.45) is 0. The number of furan rings is 1. The lowest BCUT2D eigenvalue weighted by atomic mass is 10.1. The number of carbonyl (C=O) groups excluding carboxylic acids is 1. The number of carbonyl (C=O) groups is 1. The predicted molar refractivity (Wildman–Crippen MR) is 100 cm³/mol. The van der Waals surface area contributed by atoms with E-state index in [2.05, 4.69) is 10.2 Å². The second-order valence-electron chi connectivity index (χ2n) is 6.39. The van der Waals surface area contributed by atoms with Crippen LogP contribution in [0.15, 0.2) is 34.7 Å². The van der Waals surface area contributed by atoms with Crippen LogP contribution in [-0.2, 0) is 4.74 Å². The van der Waals surface area contributed by atoms with E-state index in [1.54, 1.807) is 32.4 Å². The molecular formula is C20H26N2O5. The normalized spacial score (nSPS) is 16.0. The molecule has 2 aromatic rings. The molecule has 1 aromatic heterocycles. The van der Waals surface area contributed by atoms with Crippen molar-refractivity contribution in [2.75, 3.05) is 47.1 Å². The third kappa shape index (κ3) is 4.61. The van der Waals surface area contributed by atoms with Gasteiger partial charge in [-0.25, -0.2) is 0 Å². The number of methoxy groups -OCH3 is 2. The first-order valence-corrected chi connectivity index (χ1v) is 9.00. The summed E-state index contributed by atoms with van der Waals surface area (Å²) in [7, 11) is 3.11. The number of benzene rings is 1. The lowest BCUT2D eigenvalue weighted by Gasteiger charge is -2.33. The maximum atomic E-state index is 12.8. The second kappa shape index (κ2) is 8.92. The van der Waals surface area contributed by atoms with Crippen molar-refractivity contribution in [3.8, 4) is 11.5 Å². The Kier molecular flexibility index (Phi) is 6.36. The number of rotatable bonds is 7. The topological polar surface area (TPSA) is 73.2 Å². The summed E-state index contributed by atoms with van der Waals surface area (Å²) in [5.74, 6) is 2.58. The zero-order valence-electron chi connectivity index (χ0n) is 16.0. The Labute approximate surface area is 159 Å². The van der Waals surface area contributed by atoms with E-state index in [-0.39, 0.29) is 11.9 Å². The number of nitrogens with zero attached hydrogens (tertiary/aromatic N) is 1. The molecular weight excluding hydrogens is 348 g/mol. The van der Waals surface area contributed by atoms with Gasteiger partial charge in [0, 0.05) is 19.6 Å². The van der Waals surface area contributed by atoms with Crippen LogP contribution in [0.2, 0.25) is 0 Å². The first kappa shape index (κ1) is 19.3. The van der Waals surface area contributed by atoms with Crippen LogP contribution in [-0.4, -0.2) is 57.9 Å². The van der Waals surface area contributed by atoms with Gasteiger partial charge in [0.2, 0.25) is 0 Å². The van der Waals surface area contributed by atoms with E-state index >= 15 is 0 Å². The zero-order chi connectivity index (χ0) is 19.2. The quantitative estimate of drug-likeness (QED) is 0.802. The molecule has 0 radical (unpaired) electrons. The average Bonchev–Trinajstić information content (AvgIpc) is 3.14. The molecule has 3 rings (SSSR count). The van der Waals surface area contributed by atoms with Gasteiger partial charge in [0.25, 0.3) is 5.91 Å². The van der Waals surface area contributed by atoms with Crippen molar-refractivity contribution in [2.24, 2.45) is 0 Å². The van der Waals surface area contributed by atoms with Gasteiger partial charge in [0.05, 0.1) is 39.0 Å². The van der Waals surface area contributed by atoms with Crippen molar-refractivity contribution < 1.29 is 23.4 Å². The van der Waals surface area contributed by atoms with Crippen LogP contribution in [0.3, 0.4) is 0 Å². The Morgan fingerprint density at radius 3 is 2.59 bits per heavy atom. The van der Waals surface area contributed by atoms with E-state index in [0.29, 0.717) is 36.8 Å². The van der Waals surface area contributed by atoms with E-state index in [1.165, 1.54) is 0 Å². The van der Waals surface area contributed by atoms with Crippen molar-refractivity contribution in [1.82, 2.24) is 10.2 Å². The Bertz CT molecular complexity index is 767. The number of nitrogens with one attached hydrogen (secondary N) is 1. The van der Waals surface area contributed by atoms with E-state index in [1.807, 2.05) is 19.1 Å². The molecule has 1 aliphatic heterocycles. The molecule has 1 aromatic carbocycles. The van der Waals surface area contributed by atoms with Crippen molar-refractivity contribution in [3.05, 3.63) is 47.4 Å². The monoisotopic (exact) mass is 374 g/mol. The zero-order valence-corrected chi connectivity index (χ0v) is 16.0. The summed E-state index contributed by atoms with van der Waals surface area (Å²) in [5.41, 5.74) is 0.438. The molecule has 1 fully saturated rings. The van der Waals surface area contributed by atoms with Crippen molar-refractivity contribution in [3.63, 3.8) is 0 Å². The number of morpholine rings is 1. The molecule has 0 aliphatic carbocycles. The predicted octanol–water partition coefficient (Wildman–Crippen LogP) is 2.41. The van der Waals surface area contributed by atoms with E-state index in [0.717, 1.165) is 24.6 Å². The summed E-state index contributed by atoms with van der Waals surface area (Å²) in [4.78, 5) is 15.1. The van der Waals surface area contributed by atoms with Gasteiger partial charge in [-0.2, -0.15) is 0 Å². The van der Waals surface area contributed by atoms with Crippen molar-refractivity contribution >= 4 is 5.91 Å². The molecule has 1 unspecified atom stereocenters. The maximum Gasteiger partial charge on any atom is 0.255 e. The number of hydrogen-bond acceptors (Lipinski definition) is 6. The van der Waals surface area contributed by atoms with Crippen LogP contribution in [0.1, 0.15) is 27.9 Å². The molecule has 1 saturated heterocycles. The van der Waals surface area contributed by atoms with Gasteiger partial charge in [0.1, 0.15) is 23.0 Å². The van der Waals surface area contributed by atoms with Crippen LogP contribution in [0.4, 0.5) is 0 Å². The Morgan fingerprint density at radius 1 is 1.19 bits per heavy atom. The van der Waals surface area contributed by atoms with Crippen LogP contribution in [0.25, 0.3) is 0 Å². The smallest absolute Gasteiger partial charge is 0.255 e. The van der Waals surface area contributed by atoms with Gasteiger partial charge in [-0.3, -0.25) is 9.69 Å². The maximum absolute atomic E-state index is 12.8. The van der Waals surface area contributed by atoms with Crippen LogP contribution < -0.4 is 14.8 Å². The molecule has 0 bridgehead atoms. The number of ether oxygens (including phenoxy) is 3. The van der Waals surface area contributed by atoms with Crippen LogP contribution in [0, 0.1) is 6.92 Å². The number of amides is 1. The fourth-order valence-corrected chi connectivity index (χ4v) is 3.21. The highest BCUT2D eigenvalue weighted by Gasteiger charge is 2.26. The minimum Gasteiger partial charge on any atom is -0.497 e. The Balaban J connectivity index is 1.75. The van der Waals surface area contributed by atoms with Gasteiger partial charge in [0.15, 0.2) is 0 Å². The third-order valence-electron chi connectivity index (χ3n) is 4.68. The van der Waals surface area contributed by atoms with E-state index in [4.69, 9.17) is 18.6 Å². The number of aryl methyl sites for hydroxylation is 1. The van der Waals surface area contributed by atoms with Gasteiger partial charge < -0.3 is 23.9 Å². The van der Waals surface area contributed by atoms with Crippen molar-refractivity contribution in [2.45, 2.75) is 13.0 Å². The summed E-state index contributed by atoms with van der Waals surface area (Å²) in [6, 6.07) is 9.02. The van der Waals surface area contributed by atoms with E-state index < -0.39 is 0 Å². The van der Waals surface area contributed by atoms with E-state index in [9.17, 15) is 4.79 Å². The molecule has 1 aliphatic rings. The Morgan fingerprint density at radius 2 is 1.96 bits per heavy atom. The highest BCUT2D eigenvalue weighted by atomic mass is 16.5. The third-order valence-corrected chi connectivity index (χ3v) is 4.68. The van der Waals surface area contributed by atoms with Gasteiger partial charge in [-0.1, -0.05) is 0 Å². The molecule has 1 atom stereocenters. The summed E-state index contributed by atoms with van der Waals surface area (Å²) < 4.78 is 21.8. The summed E-state index contributed by atoms with van der Waals surface area (Å²) >= 11 is 0. The molecule has 1 amide bonds. The molecule has 2 heterocycles. The highest BCUT2D eigenvalue weighted by molar-refractivity contribution is 5.97. The summed E-state index contributed by atoms with van der Waals surface area (Å²) in [5, 5.41) is 3.01. The minimum absolute atomic E-state index is 0.0526. The molecule has 7 heteroatoms. The second-order valence-corrected chi connectivity index (χ2v) is 6.39. The van der Waals surface area contributed by atoms with Gasteiger partial charge >= 0.3 is 0 Å². The van der Waals surface area contributed by atoms with Crippen LogP contribution >= 0.6 is 0 Å². The molecule has 1 N–H and O–H groups in total. The molecule has 0 spiro atoms. The standard InChI is InChI=1S/C20H26N2O5/c1-14-4-6-19(27-14)17(22-8-10-26-11-9-22)13-21-20(23)16-12-15(24-2)5-7-18(16)25-3/h4-7,12,17H,8-11,13H2,1-3H3,(H,21,23). The van der Waals surface area contributed by atoms with Gasteiger partial charge in [-0.15, -0.1) is 0 Å². The first-order valence-electron chi connectivity index (χ1n) is 9.00.